The predicted molar refractivity (Wildman–Crippen MR) is 58.6 cm³/mol. The van der Waals surface area contributed by atoms with Crippen LogP contribution in [0, 0.1) is 0 Å². The van der Waals surface area contributed by atoms with Gasteiger partial charge in [0.25, 0.3) is 0 Å². The molecule has 1 fully saturated rings. The normalized spacial score (nSPS) is 24.2. The van der Waals surface area contributed by atoms with Crippen molar-refractivity contribution in [3.8, 4) is 0 Å². The van der Waals surface area contributed by atoms with E-state index in [1.54, 1.807) is 6.20 Å². The zero-order chi connectivity index (χ0) is 11.4. The van der Waals surface area contributed by atoms with Crippen molar-refractivity contribution in [2.45, 2.75) is 25.0 Å². The molecule has 1 aromatic heterocycles. The summed E-state index contributed by atoms with van der Waals surface area (Å²) in [6.45, 7) is 3.93. The Morgan fingerprint density at radius 1 is 1.75 bits per heavy atom. The Morgan fingerprint density at radius 2 is 2.62 bits per heavy atom. The van der Waals surface area contributed by atoms with Gasteiger partial charge in [0.2, 0.25) is 5.91 Å². The Hall–Kier alpha value is -1.62. The summed E-state index contributed by atoms with van der Waals surface area (Å²) in [7, 11) is 0. The number of rotatable bonds is 4. The molecule has 5 nitrogen and oxygen atoms in total. The molecule has 2 heterocycles. The largest absolute Gasteiger partial charge is 0.367 e. The molecular formula is C11H15N3O2. The molecule has 2 rings (SSSR count). The first kappa shape index (κ1) is 10.9. The van der Waals surface area contributed by atoms with Crippen LogP contribution in [0.2, 0.25) is 0 Å². The lowest BCUT2D eigenvalue weighted by Crippen LogP contribution is -2.30. The lowest BCUT2D eigenvalue weighted by atomic mass is 10.1. The monoisotopic (exact) mass is 221 g/mol. The van der Waals surface area contributed by atoms with Gasteiger partial charge in [0.1, 0.15) is 0 Å². The van der Waals surface area contributed by atoms with Crippen LogP contribution >= 0.6 is 0 Å². The lowest BCUT2D eigenvalue weighted by Gasteiger charge is -2.12. The molecule has 86 valence electrons. The minimum atomic E-state index is -0.159. The van der Waals surface area contributed by atoms with Crippen molar-refractivity contribution < 1.29 is 9.53 Å². The van der Waals surface area contributed by atoms with E-state index in [2.05, 4.69) is 22.1 Å². The molecule has 0 aliphatic carbocycles. The van der Waals surface area contributed by atoms with Gasteiger partial charge in [0.15, 0.2) is 0 Å². The highest BCUT2D eigenvalue weighted by Crippen LogP contribution is 2.30. The van der Waals surface area contributed by atoms with Crippen molar-refractivity contribution in [3.05, 3.63) is 30.6 Å². The molecule has 0 spiro atoms. The number of nitrogens with one attached hydrogen (secondary N) is 2. The highest BCUT2D eigenvalue weighted by Gasteiger charge is 2.27. The highest BCUT2D eigenvalue weighted by atomic mass is 16.5. The second-order valence-corrected chi connectivity index (χ2v) is 3.79. The topological polar surface area (TPSA) is 67.0 Å². The zero-order valence-electron chi connectivity index (χ0n) is 8.98. The zero-order valence-corrected chi connectivity index (χ0v) is 8.98. The van der Waals surface area contributed by atoms with Gasteiger partial charge in [-0.25, -0.2) is 0 Å². The SMILES string of the molecule is C=CC(=O)NCC1CCC(c2ccn[nH]2)O1. The summed E-state index contributed by atoms with van der Waals surface area (Å²) in [5, 5.41) is 9.52. The van der Waals surface area contributed by atoms with E-state index in [1.807, 2.05) is 6.07 Å². The third-order valence-corrected chi connectivity index (χ3v) is 2.67. The molecule has 2 unspecified atom stereocenters. The van der Waals surface area contributed by atoms with Crippen LogP contribution < -0.4 is 5.32 Å². The van der Waals surface area contributed by atoms with Crippen LogP contribution in [-0.2, 0) is 9.53 Å². The first-order chi connectivity index (χ1) is 7.79. The molecule has 2 N–H and O–H groups in total. The summed E-state index contributed by atoms with van der Waals surface area (Å²) in [6.07, 6.45) is 5.04. The first-order valence-corrected chi connectivity index (χ1v) is 5.34. The summed E-state index contributed by atoms with van der Waals surface area (Å²) in [5.74, 6) is -0.159. The van der Waals surface area contributed by atoms with Crippen LogP contribution in [0.3, 0.4) is 0 Å². The molecule has 1 aliphatic heterocycles. The summed E-state index contributed by atoms with van der Waals surface area (Å²) in [6, 6.07) is 1.91. The van der Waals surface area contributed by atoms with Crippen molar-refractivity contribution >= 4 is 5.91 Å². The highest BCUT2D eigenvalue weighted by molar-refractivity contribution is 5.86. The molecule has 2 atom stereocenters. The van der Waals surface area contributed by atoms with Gasteiger partial charge in [-0.3, -0.25) is 9.89 Å². The van der Waals surface area contributed by atoms with Crippen molar-refractivity contribution in [3.63, 3.8) is 0 Å². The Bertz CT molecular complexity index is 361. The van der Waals surface area contributed by atoms with Gasteiger partial charge in [0, 0.05) is 12.7 Å². The van der Waals surface area contributed by atoms with Gasteiger partial charge < -0.3 is 10.1 Å². The molecule has 16 heavy (non-hydrogen) atoms. The molecule has 1 aromatic rings. The molecule has 1 amide bonds. The maximum Gasteiger partial charge on any atom is 0.243 e. The van der Waals surface area contributed by atoms with Gasteiger partial charge in [-0.1, -0.05) is 6.58 Å². The Labute approximate surface area is 93.9 Å². The molecule has 5 heteroatoms. The van der Waals surface area contributed by atoms with Crippen molar-refractivity contribution in [1.29, 1.82) is 0 Å². The summed E-state index contributed by atoms with van der Waals surface area (Å²) >= 11 is 0. The van der Waals surface area contributed by atoms with Gasteiger partial charge in [0.05, 0.1) is 17.9 Å². The van der Waals surface area contributed by atoms with Crippen LogP contribution in [0.4, 0.5) is 0 Å². The van der Waals surface area contributed by atoms with E-state index < -0.39 is 0 Å². The van der Waals surface area contributed by atoms with E-state index in [1.165, 1.54) is 6.08 Å². The van der Waals surface area contributed by atoms with Crippen LogP contribution in [-0.4, -0.2) is 28.8 Å². The number of carbonyl (C=O) groups is 1. The van der Waals surface area contributed by atoms with E-state index in [0.717, 1.165) is 18.5 Å². The quantitative estimate of drug-likeness (QED) is 0.743. The lowest BCUT2D eigenvalue weighted by molar-refractivity contribution is -0.117. The minimum Gasteiger partial charge on any atom is -0.367 e. The second kappa shape index (κ2) is 4.94. The number of ether oxygens (including phenoxy) is 1. The van der Waals surface area contributed by atoms with Gasteiger partial charge in [-0.2, -0.15) is 5.10 Å². The number of hydrogen-bond acceptors (Lipinski definition) is 3. The number of amides is 1. The maximum atomic E-state index is 11.0. The predicted octanol–water partition coefficient (Wildman–Crippen LogP) is 0.932. The average Bonchev–Trinajstić information content (AvgIpc) is 2.95. The summed E-state index contributed by atoms with van der Waals surface area (Å²) in [5.41, 5.74) is 0.998. The number of nitrogens with zero attached hydrogens (tertiary/aromatic N) is 1. The van der Waals surface area contributed by atoms with E-state index in [9.17, 15) is 4.79 Å². The van der Waals surface area contributed by atoms with Crippen LogP contribution in [0.15, 0.2) is 24.9 Å². The third kappa shape index (κ3) is 2.49. The van der Waals surface area contributed by atoms with Crippen LogP contribution in [0.1, 0.15) is 24.6 Å². The fourth-order valence-electron chi connectivity index (χ4n) is 1.82. The van der Waals surface area contributed by atoms with Crippen LogP contribution in [0.5, 0.6) is 0 Å². The number of H-pyrrole nitrogens is 1. The summed E-state index contributed by atoms with van der Waals surface area (Å²) in [4.78, 5) is 11.0. The molecule has 0 bridgehead atoms. The van der Waals surface area contributed by atoms with E-state index in [-0.39, 0.29) is 18.1 Å². The van der Waals surface area contributed by atoms with E-state index >= 15 is 0 Å². The molecule has 0 saturated carbocycles. The summed E-state index contributed by atoms with van der Waals surface area (Å²) < 4.78 is 5.78. The standard InChI is InChI=1S/C11H15N3O2/c1-2-11(15)12-7-8-3-4-10(16-8)9-5-6-13-14-9/h2,5-6,8,10H,1,3-4,7H2,(H,12,15)(H,13,14). The molecular weight excluding hydrogens is 206 g/mol. The second-order valence-electron chi connectivity index (χ2n) is 3.79. The van der Waals surface area contributed by atoms with E-state index in [0.29, 0.717) is 6.54 Å². The third-order valence-electron chi connectivity index (χ3n) is 2.67. The van der Waals surface area contributed by atoms with Crippen LogP contribution in [0.25, 0.3) is 0 Å². The molecule has 1 saturated heterocycles. The Morgan fingerprint density at radius 3 is 3.31 bits per heavy atom. The first-order valence-electron chi connectivity index (χ1n) is 5.34. The molecule has 0 aromatic carbocycles. The van der Waals surface area contributed by atoms with E-state index in [4.69, 9.17) is 4.74 Å². The smallest absolute Gasteiger partial charge is 0.243 e. The minimum absolute atomic E-state index is 0.0770. The fourth-order valence-corrected chi connectivity index (χ4v) is 1.82. The van der Waals surface area contributed by atoms with Crippen molar-refractivity contribution in [1.82, 2.24) is 15.5 Å². The Balaban J connectivity index is 1.80. The number of carbonyl (C=O) groups excluding carboxylic acids is 1. The van der Waals surface area contributed by atoms with Crippen molar-refractivity contribution in [2.75, 3.05) is 6.54 Å². The average molecular weight is 221 g/mol. The van der Waals surface area contributed by atoms with Gasteiger partial charge in [-0.15, -0.1) is 0 Å². The maximum absolute atomic E-state index is 11.0. The van der Waals surface area contributed by atoms with Gasteiger partial charge >= 0.3 is 0 Å². The molecule has 0 radical (unpaired) electrons. The number of hydrogen-bond donors (Lipinski definition) is 2. The fraction of sp³-hybridized carbons (Fsp3) is 0.455. The molecule has 1 aliphatic rings. The number of aromatic nitrogens is 2. The number of aromatic amines is 1. The Kier molecular flexibility index (Phi) is 3.36. The van der Waals surface area contributed by atoms with Gasteiger partial charge in [-0.05, 0) is 25.0 Å². The van der Waals surface area contributed by atoms with Crippen molar-refractivity contribution in [2.24, 2.45) is 0 Å².